The Morgan fingerprint density at radius 1 is 0.933 bits per heavy atom. The van der Waals surface area contributed by atoms with Crippen LogP contribution in [0, 0.1) is 0 Å². The summed E-state index contributed by atoms with van der Waals surface area (Å²) < 4.78 is 34.6. The van der Waals surface area contributed by atoms with Gasteiger partial charge in [-0.25, -0.2) is 4.79 Å². The van der Waals surface area contributed by atoms with Crippen molar-refractivity contribution in [2.24, 2.45) is 0 Å². The number of hydrogen-bond acceptors (Lipinski definition) is 8. The summed E-state index contributed by atoms with van der Waals surface area (Å²) >= 11 is 0. The van der Waals surface area contributed by atoms with Crippen molar-refractivity contribution in [3.05, 3.63) is 29.8 Å². The number of carbonyl (C=O) groups excluding carboxylic acids is 2. The molecule has 3 saturated heterocycles. The summed E-state index contributed by atoms with van der Waals surface area (Å²) in [5.74, 6) is -2.56. The number of fused-ring (bicyclic) bond motifs is 3. The molecular weight excluding hydrogens is 394 g/mol. The van der Waals surface area contributed by atoms with Crippen molar-refractivity contribution < 1.29 is 38.0 Å². The Kier molecular flexibility index (Phi) is 5.36. The van der Waals surface area contributed by atoms with Gasteiger partial charge in [0.05, 0.1) is 12.2 Å². The van der Waals surface area contributed by atoms with E-state index < -0.39 is 54.2 Å². The van der Waals surface area contributed by atoms with E-state index in [1.807, 2.05) is 0 Å². The summed E-state index contributed by atoms with van der Waals surface area (Å²) in [7, 11) is 0. The van der Waals surface area contributed by atoms with Gasteiger partial charge in [0, 0.05) is 5.69 Å². The highest BCUT2D eigenvalue weighted by atomic mass is 16.9. The Morgan fingerprint density at radius 2 is 1.53 bits per heavy atom. The molecule has 9 nitrogen and oxygen atoms in total. The van der Waals surface area contributed by atoms with Crippen LogP contribution in [0.1, 0.15) is 45.0 Å². The van der Waals surface area contributed by atoms with Gasteiger partial charge in [0.2, 0.25) is 0 Å². The topological polar surface area (TPSA) is 102 Å². The molecule has 3 aliphatic heterocycles. The SMILES string of the molecule is CCOC(=O)c1ccc(NC(=O)[C@@H]2O[C@@H]3OC(C)(C)O[C@@H]3[C@H]3OC(C)(C)O[C@H]32)cc1. The minimum Gasteiger partial charge on any atom is -0.462 e. The third kappa shape index (κ3) is 4.08. The number of benzene rings is 1. The molecule has 0 aromatic heterocycles. The maximum absolute atomic E-state index is 13.0. The van der Waals surface area contributed by atoms with Crippen molar-refractivity contribution in [3.63, 3.8) is 0 Å². The Bertz CT molecular complexity index is 821. The lowest BCUT2D eigenvalue weighted by Crippen LogP contribution is -2.58. The van der Waals surface area contributed by atoms with Gasteiger partial charge in [-0.2, -0.15) is 0 Å². The molecule has 4 rings (SSSR count). The molecule has 1 amide bonds. The molecule has 1 aromatic carbocycles. The van der Waals surface area contributed by atoms with Crippen LogP contribution in [0.2, 0.25) is 0 Å². The molecule has 3 fully saturated rings. The van der Waals surface area contributed by atoms with Crippen LogP contribution in [0.4, 0.5) is 5.69 Å². The van der Waals surface area contributed by atoms with Crippen LogP contribution in [0.25, 0.3) is 0 Å². The van der Waals surface area contributed by atoms with Crippen molar-refractivity contribution in [2.45, 2.75) is 76.9 Å². The van der Waals surface area contributed by atoms with E-state index in [4.69, 9.17) is 28.4 Å². The number of anilines is 1. The number of rotatable bonds is 4. The average molecular weight is 421 g/mol. The maximum Gasteiger partial charge on any atom is 0.338 e. The maximum atomic E-state index is 13.0. The van der Waals surface area contributed by atoms with Gasteiger partial charge in [0.1, 0.15) is 18.3 Å². The first-order chi connectivity index (χ1) is 14.1. The van der Waals surface area contributed by atoms with Gasteiger partial charge in [-0.1, -0.05) is 0 Å². The molecule has 0 bridgehead atoms. The summed E-state index contributed by atoms with van der Waals surface area (Å²) in [5.41, 5.74) is 0.914. The number of nitrogens with one attached hydrogen (secondary N) is 1. The fraction of sp³-hybridized carbons (Fsp3) is 0.619. The zero-order valence-electron chi connectivity index (χ0n) is 17.7. The fourth-order valence-electron chi connectivity index (χ4n) is 3.94. The van der Waals surface area contributed by atoms with Crippen molar-refractivity contribution in [2.75, 3.05) is 11.9 Å². The first-order valence-corrected chi connectivity index (χ1v) is 10.0. The smallest absolute Gasteiger partial charge is 0.338 e. The highest BCUT2D eigenvalue weighted by Crippen LogP contribution is 2.44. The fourth-order valence-corrected chi connectivity index (χ4v) is 3.94. The molecule has 0 unspecified atom stereocenters. The number of amides is 1. The lowest BCUT2D eigenvalue weighted by atomic mass is 9.98. The van der Waals surface area contributed by atoms with Crippen LogP contribution >= 0.6 is 0 Å². The summed E-state index contributed by atoms with van der Waals surface area (Å²) in [6.07, 6.45) is -3.37. The van der Waals surface area contributed by atoms with Crippen LogP contribution < -0.4 is 5.32 Å². The first kappa shape index (κ1) is 21.2. The van der Waals surface area contributed by atoms with E-state index in [2.05, 4.69) is 5.32 Å². The summed E-state index contributed by atoms with van der Waals surface area (Å²) in [6.45, 7) is 9.16. The molecule has 1 N–H and O–H groups in total. The number of esters is 1. The van der Waals surface area contributed by atoms with E-state index in [0.717, 1.165) is 0 Å². The van der Waals surface area contributed by atoms with Gasteiger partial charge < -0.3 is 33.7 Å². The molecule has 30 heavy (non-hydrogen) atoms. The van der Waals surface area contributed by atoms with Crippen LogP contribution in [0.15, 0.2) is 24.3 Å². The van der Waals surface area contributed by atoms with Crippen LogP contribution in [0.3, 0.4) is 0 Å². The van der Waals surface area contributed by atoms with Gasteiger partial charge >= 0.3 is 5.97 Å². The summed E-state index contributed by atoms with van der Waals surface area (Å²) in [6, 6.07) is 6.43. The summed E-state index contributed by atoms with van der Waals surface area (Å²) in [5, 5.41) is 2.80. The predicted molar refractivity (Wildman–Crippen MR) is 104 cm³/mol. The molecular formula is C21H27NO8. The van der Waals surface area contributed by atoms with Crippen molar-refractivity contribution in [1.82, 2.24) is 0 Å². The second-order valence-electron chi connectivity index (χ2n) is 8.38. The van der Waals surface area contributed by atoms with Crippen LogP contribution in [-0.2, 0) is 33.2 Å². The van der Waals surface area contributed by atoms with Crippen molar-refractivity contribution in [3.8, 4) is 0 Å². The molecule has 3 aliphatic rings. The second-order valence-corrected chi connectivity index (χ2v) is 8.38. The first-order valence-electron chi connectivity index (χ1n) is 10.0. The molecule has 0 aliphatic carbocycles. The Morgan fingerprint density at radius 3 is 2.20 bits per heavy atom. The minimum absolute atomic E-state index is 0.294. The predicted octanol–water partition coefficient (Wildman–Crippen LogP) is 2.20. The Labute approximate surface area is 174 Å². The van der Waals surface area contributed by atoms with Gasteiger partial charge in [-0.3, -0.25) is 4.79 Å². The normalized spacial score (nSPS) is 33.4. The molecule has 3 heterocycles. The molecule has 164 valence electrons. The zero-order chi connectivity index (χ0) is 21.7. The number of carbonyl (C=O) groups is 2. The van der Waals surface area contributed by atoms with Gasteiger partial charge in [-0.05, 0) is 58.9 Å². The quantitative estimate of drug-likeness (QED) is 0.739. The van der Waals surface area contributed by atoms with E-state index in [9.17, 15) is 9.59 Å². The zero-order valence-corrected chi connectivity index (χ0v) is 17.7. The third-order valence-corrected chi connectivity index (χ3v) is 5.08. The molecule has 1 aromatic rings. The van der Waals surface area contributed by atoms with E-state index in [0.29, 0.717) is 17.9 Å². The van der Waals surface area contributed by atoms with E-state index in [1.165, 1.54) is 0 Å². The molecule has 0 saturated carbocycles. The third-order valence-electron chi connectivity index (χ3n) is 5.08. The van der Waals surface area contributed by atoms with E-state index in [-0.39, 0.29) is 0 Å². The van der Waals surface area contributed by atoms with Crippen molar-refractivity contribution in [1.29, 1.82) is 0 Å². The molecule has 5 atom stereocenters. The van der Waals surface area contributed by atoms with Gasteiger partial charge in [-0.15, -0.1) is 0 Å². The van der Waals surface area contributed by atoms with E-state index >= 15 is 0 Å². The molecule has 0 spiro atoms. The number of ether oxygens (including phenoxy) is 6. The molecule has 9 heteroatoms. The largest absolute Gasteiger partial charge is 0.462 e. The highest BCUT2D eigenvalue weighted by Gasteiger charge is 2.62. The highest BCUT2D eigenvalue weighted by molar-refractivity contribution is 5.96. The minimum atomic E-state index is -0.958. The Balaban J connectivity index is 1.50. The molecule has 0 radical (unpaired) electrons. The average Bonchev–Trinajstić information content (AvgIpc) is 3.15. The van der Waals surface area contributed by atoms with Gasteiger partial charge in [0.25, 0.3) is 5.91 Å². The lowest BCUT2D eigenvalue weighted by molar-refractivity contribution is -0.229. The standard InChI is InChI=1S/C21H27NO8/c1-6-25-18(24)11-7-9-12(10-8-11)22-17(23)15-13-14(28-20(2,3)27-13)16-19(26-15)30-21(4,5)29-16/h7-10,13-16,19H,6H2,1-5H3,(H,22,23)/t13-,14+,15-,16-,19-/m1/s1. The van der Waals surface area contributed by atoms with Crippen molar-refractivity contribution >= 4 is 17.6 Å². The van der Waals surface area contributed by atoms with Crippen LogP contribution in [0.5, 0.6) is 0 Å². The van der Waals surface area contributed by atoms with E-state index in [1.54, 1.807) is 58.9 Å². The van der Waals surface area contributed by atoms with Crippen LogP contribution in [-0.4, -0.2) is 60.8 Å². The Hall–Kier alpha value is -2.04. The monoisotopic (exact) mass is 421 g/mol. The van der Waals surface area contributed by atoms with Gasteiger partial charge in [0.15, 0.2) is 24.0 Å². The lowest BCUT2D eigenvalue weighted by Gasteiger charge is -2.36. The second kappa shape index (κ2) is 7.58. The summed E-state index contributed by atoms with van der Waals surface area (Å²) in [4.78, 5) is 24.8. The number of hydrogen-bond donors (Lipinski definition) is 1.